The van der Waals surface area contributed by atoms with E-state index in [2.05, 4.69) is 46.4 Å². The monoisotopic (exact) mass is 247 g/mol. The van der Waals surface area contributed by atoms with Crippen LogP contribution in [-0.2, 0) is 6.54 Å². The molecule has 1 atom stereocenters. The highest BCUT2D eigenvalue weighted by Gasteiger charge is 2.16. The standard InChI is InChI=1S/C9H10BrN.ClH/c1-6-9-3-2-8(10)4-7(9)5-11-6;/h2-4,6,11H,5H2,1H3;1H. The van der Waals surface area contributed by atoms with Crippen molar-refractivity contribution in [2.75, 3.05) is 0 Å². The molecule has 1 N–H and O–H groups in total. The first kappa shape index (κ1) is 10.0. The lowest BCUT2D eigenvalue weighted by molar-refractivity contribution is 0.633. The van der Waals surface area contributed by atoms with Gasteiger partial charge in [0.15, 0.2) is 0 Å². The van der Waals surface area contributed by atoms with Crippen molar-refractivity contribution >= 4 is 28.3 Å². The molecule has 66 valence electrons. The van der Waals surface area contributed by atoms with Gasteiger partial charge in [0, 0.05) is 17.1 Å². The predicted molar refractivity (Wildman–Crippen MR) is 56.6 cm³/mol. The Labute approximate surface area is 87.1 Å². The second-order valence-corrected chi connectivity index (χ2v) is 3.86. The van der Waals surface area contributed by atoms with Crippen LogP contribution in [-0.4, -0.2) is 0 Å². The van der Waals surface area contributed by atoms with Gasteiger partial charge >= 0.3 is 0 Å². The predicted octanol–water partition coefficient (Wildman–Crippen LogP) is 3.04. The molecule has 2 rings (SSSR count). The van der Waals surface area contributed by atoms with E-state index in [4.69, 9.17) is 0 Å². The SMILES string of the molecule is CC1NCc2cc(Br)ccc21.Cl. The maximum absolute atomic E-state index is 3.46. The second-order valence-electron chi connectivity index (χ2n) is 2.95. The fourth-order valence-corrected chi connectivity index (χ4v) is 1.93. The molecular weight excluding hydrogens is 237 g/mol. The third-order valence-corrected chi connectivity index (χ3v) is 2.66. The van der Waals surface area contributed by atoms with Crippen molar-refractivity contribution in [1.82, 2.24) is 5.32 Å². The second kappa shape index (κ2) is 3.77. The van der Waals surface area contributed by atoms with E-state index in [1.807, 2.05) is 0 Å². The highest BCUT2D eigenvalue weighted by molar-refractivity contribution is 9.10. The zero-order valence-electron chi connectivity index (χ0n) is 6.80. The van der Waals surface area contributed by atoms with Gasteiger partial charge in [0.05, 0.1) is 0 Å². The summed E-state index contributed by atoms with van der Waals surface area (Å²) in [5.74, 6) is 0. The van der Waals surface area contributed by atoms with Crippen LogP contribution in [0.25, 0.3) is 0 Å². The van der Waals surface area contributed by atoms with E-state index < -0.39 is 0 Å². The van der Waals surface area contributed by atoms with Crippen molar-refractivity contribution in [2.24, 2.45) is 0 Å². The van der Waals surface area contributed by atoms with E-state index in [1.165, 1.54) is 15.6 Å². The summed E-state index contributed by atoms with van der Waals surface area (Å²) in [6.45, 7) is 3.20. The van der Waals surface area contributed by atoms with Crippen LogP contribution in [0.3, 0.4) is 0 Å². The van der Waals surface area contributed by atoms with Crippen molar-refractivity contribution in [2.45, 2.75) is 19.5 Å². The first-order valence-corrected chi connectivity index (χ1v) is 4.58. The van der Waals surface area contributed by atoms with Gasteiger partial charge in [-0.15, -0.1) is 12.4 Å². The van der Waals surface area contributed by atoms with Gasteiger partial charge in [-0.05, 0) is 30.2 Å². The van der Waals surface area contributed by atoms with E-state index >= 15 is 0 Å². The molecule has 1 aromatic rings. The largest absolute Gasteiger partial charge is 0.306 e. The summed E-state index contributed by atoms with van der Waals surface area (Å²) >= 11 is 3.46. The Morgan fingerprint density at radius 3 is 3.00 bits per heavy atom. The van der Waals surface area contributed by atoms with Crippen molar-refractivity contribution < 1.29 is 0 Å². The molecule has 1 nitrogen and oxygen atoms in total. The quantitative estimate of drug-likeness (QED) is 0.744. The average molecular weight is 249 g/mol. The molecule has 12 heavy (non-hydrogen) atoms. The lowest BCUT2D eigenvalue weighted by Crippen LogP contribution is -2.06. The number of hydrogen-bond donors (Lipinski definition) is 1. The van der Waals surface area contributed by atoms with Crippen LogP contribution < -0.4 is 5.32 Å². The van der Waals surface area contributed by atoms with Gasteiger partial charge in [0.2, 0.25) is 0 Å². The molecule has 1 aromatic carbocycles. The number of hydrogen-bond acceptors (Lipinski definition) is 1. The molecule has 0 aliphatic carbocycles. The fraction of sp³-hybridized carbons (Fsp3) is 0.333. The van der Waals surface area contributed by atoms with Crippen LogP contribution in [0.5, 0.6) is 0 Å². The van der Waals surface area contributed by atoms with Crippen molar-refractivity contribution in [1.29, 1.82) is 0 Å². The molecule has 0 bridgehead atoms. The van der Waals surface area contributed by atoms with Crippen LogP contribution in [0.4, 0.5) is 0 Å². The minimum absolute atomic E-state index is 0. The number of nitrogens with one attached hydrogen (secondary N) is 1. The smallest absolute Gasteiger partial charge is 0.0298 e. The Hall–Kier alpha value is -0.0500. The van der Waals surface area contributed by atoms with Crippen molar-refractivity contribution in [3.8, 4) is 0 Å². The minimum Gasteiger partial charge on any atom is -0.306 e. The molecule has 0 radical (unpaired) electrons. The molecule has 0 aromatic heterocycles. The van der Waals surface area contributed by atoms with Crippen LogP contribution >= 0.6 is 28.3 Å². The van der Waals surface area contributed by atoms with Gasteiger partial charge in [-0.1, -0.05) is 22.0 Å². The minimum atomic E-state index is 0. The number of benzene rings is 1. The summed E-state index contributed by atoms with van der Waals surface area (Å²) in [6, 6.07) is 7.00. The first-order chi connectivity index (χ1) is 5.27. The van der Waals surface area contributed by atoms with E-state index in [0.29, 0.717) is 6.04 Å². The summed E-state index contributed by atoms with van der Waals surface area (Å²) in [7, 11) is 0. The maximum Gasteiger partial charge on any atom is 0.0298 e. The van der Waals surface area contributed by atoms with E-state index in [1.54, 1.807) is 0 Å². The van der Waals surface area contributed by atoms with Gasteiger partial charge in [0.25, 0.3) is 0 Å². The summed E-state index contributed by atoms with van der Waals surface area (Å²) < 4.78 is 1.17. The molecular formula is C9H11BrClN. The Balaban J connectivity index is 0.000000720. The topological polar surface area (TPSA) is 12.0 Å². The summed E-state index contributed by atoms with van der Waals surface area (Å²) in [6.07, 6.45) is 0. The molecule has 0 spiro atoms. The van der Waals surface area contributed by atoms with Gasteiger partial charge in [-0.3, -0.25) is 0 Å². The summed E-state index contributed by atoms with van der Waals surface area (Å²) in [4.78, 5) is 0. The van der Waals surface area contributed by atoms with E-state index in [0.717, 1.165) is 6.54 Å². The lowest BCUT2D eigenvalue weighted by atomic mass is 10.1. The molecule has 1 unspecified atom stereocenters. The third kappa shape index (κ3) is 1.65. The Morgan fingerprint density at radius 2 is 2.25 bits per heavy atom. The Kier molecular flexibility index (Phi) is 3.16. The van der Waals surface area contributed by atoms with Crippen molar-refractivity contribution in [3.63, 3.8) is 0 Å². The van der Waals surface area contributed by atoms with Gasteiger partial charge in [-0.25, -0.2) is 0 Å². The number of rotatable bonds is 0. The van der Waals surface area contributed by atoms with Gasteiger partial charge in [-0.2, -0.15) is 0 Å². The highest BCUT2D eigenvalue weighted by atomic mass is 79.9. The lowest BCUT2D eigenvalue weighted by Gasteiger charge is -2.02. The third-order valence-electron chi connectivity index (χ3n) is 2.17. The molecule has 1 aliphatic heterocycles. The first-order valence-electron chi connectivity index (χ1n) is 3.79. The Bertz CT molecular complexity index is 288. The van der Waals surface area contributed by atoms with E-state index in [-0.39, 0.29) is 12.4 Å². The van der Waals surface area contributed by atoms with Crippen LogP contribution in [0, 0.1) is 0 Å². The number of halogens is 2. The number of fused-ring (bicyclic) bond motifs is 1. The molecule has 0 saturated heterocycles. The zero-order chi connectivity index (χ0) is 7.84. The Morgan fingerprint density at radius 1 is 1.50 bits per heavy atom. The molecule has 0 amide bonds. The van der Waals surface area contributed by atoms with E-state index in [9.17, 15) is 0 Å². The zero-order valence-corrected chi connectivity index (χ0v) is 9.21. The summed E-state index contributed by atoms with van der Waals surface area (Å²) in [5, 5.41) is 3.39. The van der Waals surface area contributed by atoms with Gasteiger partial charge < -0.3 is 5.32 Å². The average Bonchev–Trinajstić information content (AvgIpc) is 2.32. The molecule has 1 heterocycles. The van der Waals surface area contributed by atoms with Crippen molar-refractivity contribution in [3.05, 3.63) is 33.8 Å². The fourth-order valence-electron chi connectivity index (χ4n) is 1.52. The van der Waals surface area contributed by atoms with Crippen LogP contribution in [0.1, 0.15) is 24.1 Å². The molecule has 3 heteroatoms. The van der Waals surface area contributed by atoms with Gasteiger partial charge in [0.1, 0.15) is 0 Å². The molecule has 1 aliphatic rings. The van der Waals surface area contributed by atoms with Crippen LogP contribution in [0.2, 0.25) is 0 Å². The maximum atomic E-state index is 3.46. The highest BCUT2D eigenvalue weighted by Crippen LogP contribution is 2.26. The summed E-state index contributed by atoms with van der Waals surface area (Å²) in [5.41, 5.74) is 2.86. The molecule has 0 saturated carbocycles. The normalized spacial score (nSPS) is 20.0. The molecule has 0 fully saturated rings. The van der Waals surface area contributed by atoms with Crippen LogP contribution in [0.15, 0.2) is 22.7 Å².